The van der Waals surface area contributed by atoms with Crippen LogP contribution in [0.15, 0.2) is 4.99 Å². The molecule has 3 fully saturated rings. The first-order chi connectivity index (χ1) is 12.2. The van der Waals surface area contributed by atoms with Gasteiger partial charge in [0.15, 0.2) is 5.96 Å². The molecule has 0 aromatic heterocycles. The average Bonchev–Trinajstić information content (AvgIpc) is 3.02. The second kappa shape index (κ2) is 8.26. The molecule has 5 heteroatoms. The normalized spacial score (nSPS) is 30.0. The third kappa shape index (κ3) is 3.82. The van der Waals surface area contributed by atoms with Crippen molar-refractivity contribution in [1.82, 2.24) is 10.6 Å². The SMILES string of the molecule is CCOC1CC(NC(=NC)NCC2(CCOC)CCCC2)C12CCC2. The molecule has 25 heavy (non-hydrogen) atoms. The largest absolute Gasteiger partial charge is 0.385 e. The van der Waals surface area contributed by atoms with E-state index in [2.05, 4.69) is 22.5 Å². The van der Waals surface area contributed by atoms with Crippen molar-refractivity contribution in [1.29, 1.82) is 0 Å². The minimum absolute atomic E-state index is 0.370. The van der Waals surface area contributed by atoms with Gasteiger partial charge < -0.3 is 20.1 Å². The predicted molar refractivity (Wildman–Crippen MR) is 102 cm³/mol. The number of aliphatic imine (C=N–C) groups is 1. The van der Waals surface area contributed by atoms with Gasteiger partial charge in [0.25, 0.3) is 0 Å². The van der Waals surface area contributed by atoms with Crippen molar-refractivity contribution in [3.8, 4) is 0 Å². The first-order valence-corrected chi connectivity index (χ1v) is 10.3. The monoisotopic (exact) mass is 351 g/mol. The molecule has 3 saturated carbocycles. The third-order valence-electron chi connectivity index (χ3n) is 7.10. The summed E-state index contributed by atoms with van der Waals surface area (Å²) in [6.45, 7) is 4.79. The van der Waals surface area contributed by atoms with E-state index in [1.54, 1.807) is 7.11 Å². The second-order valence-corrected chi connectivity index (χ2v) is 8.34. The summed E-state index contributed by atoms with van der Waals surface area (Å²) in [6, 6.07) is 0.516. The number of methoxy groups -OCH3 is 1. The molecule has 0 amide bonds. The Hall–Kier alpha value is -0.810. The van der Waals surface area contributed by atoms with E-state index in [0.29, 0.717) is 23.0 Å². The highest BCUT2D eigenvalue weighted by molar-refractivity contribution is 5.80. The molecule has 0 aromatic carbocycles. The fourth-order valence-electron chi connectivity index (χ4n) is 5.23. The topological polar surface area (TPSA) is 54.9 Å². The summed E-state index contributed by atoms with van der Waals surface area (Å²) in [5.41, 5.74) is 0.754. The average molecular weight is 352 g/mol. The molecule has 144 valence electrons. The van der Waals surface area contributed by atoms with Crippen LogP contribution in [0.3, 0.4) is 0 Å². The van der Waals surface area contributed by atoms with Gasteiger partial charge in [0.2, 0.25) is 0 Å². The van der Waals surface area contributed by atoms with Crippen molar-refractivity contribution in [3.63, 3.8) is 0 Å². The van der Waals surface area contributed by atoms with Gasteiger partial charge in [-0.05, 0) is 50.9 Å². The van der Waals surface area contributed by atoms with Crippen molar-refractivity contribution in [2.24, 2.45) is 15.8 Å². The molecule has 0 bridgehead atoms. The molecule has 0 saturated heterocycles. The van der Waals surface area contributed by atoms with E-state index < -0.39 is 0 Å². The number of hydrogen-bond acceptors (Lipinski definition) is 3. The Balaban J connectivity index is 1.51. The Morgan fingerprint density at radius 3 is 2.48 bits per heavy atom. The molecule has 2 unspecified atom stereocenters. The summed E-state index contributed by atoms with van der Waals surface area (Å²) >= 11 is 0. The summed E-state index contributed by atoms with van der Waals surface area (Å²) < 4.78 is 11.3. The van der Waals surface area contributed by atoms with Crippen molar-refractivity contribution >= 4 is 5.96 Å². The summed E-state index contributed by atoms with van der Waals surface area (Å²) in [7, 11) is 3.69. The van der Waals surface area contributed by atoms with E-state index in [-0.39, 0.29) is 0 Å². The van der Waals surface area contributed by atoms with E-state index in [0.717, 1.165) is 38.6 Å². The maximum absolute atomic E-state index is 5.97. The fraction of sp³-hybridized carbons (Fsp3) is 0.950. The molecular weight excluding hydrogens is 314 g/mol. The van der Waals surface area contributed by atoms with E-state index in [4.69, 9.17) is 9.47 Å². The molecule has 0 heterocycles. The molecule has 1 spiro atoms. The van der Waals surface area contributed by atoms with Gasteiger partial charge >= 0.3 is 0 Å². The van der Waals surface area contributed by atoms with Crippen LogP contribution < -0.4 is 10.6 Å². The van der Waals surface area contributed by atoms with Crippen LogP contribution in [0.25, 0.3) is 0 Å². The van der Waals surface area contributed by atoms with Gasteiger partial charge in [-0.1, -0.05) is 19.3 Å². The third-order valence-corrected chi connectivity index (χ3v) is 7.10. The number of nitrogens with one attached hydrogen (secondary N) is 2. The molecular formula is C20H37N3O2. The Bertz CT molecular complexity index is 456. The van der Waals surface area contributed by atoms with Crippen molar-refractivity contribution < 1.29 is 9.47 Å². The standard InChI is InChI=1S/C20H37N3O2/c1-4-25-17-14-16(20(17)10-7-11-20)23-18(21-2)22-15-19(12-13-24-3)8-5-6-9-19/h16-17H,4-15H2,1-3H3,(H2,21,22,23). The quantitative estimate of drug-likeness (QED) is 0.521. The second-order valence-electron chi connectivity index (χ2n) is 8.34. The predicted octanol–water partition coefficient (Wildman–Crippen LogP) is 3.10. The highest BCUT2D eigenvalue weighted by atomic mass is 16.5. The van der Waals surface area contributed by atoms with Crippen LogP contribution >= 0.6 is 0 Å². The van der Waals surface area contributed by atoms with Crippen LogP contribution in [0.5, 0.6) is 0 Å². The molecule has 3 rings (SSSR count). The lowest BCUT2D eigenvalue weighted by atomic mass is 9.51. The fourth-order valence-corrected chi connectivity index (χ4v) is 5.23. The van der Waals surface area contributed by atoms with Crippen LogP contribution in [0.4, 0.5) is 0 Å². The van der Waals surface area contributed by atoms with E-state index in [9.17, 15) is 0 Å². The van der Waals surface area contributed by atoms with Crippen molar-refractivity contribution in [3.05, 3.63) is 0 Å². The van der Waals surface area contributed by atoms with Crippen LogP contribution in [0.1, 0.15) is 64.7 Å². The summed E-state index contributed by atoms with van der Waals surface area (Å²) in [5, 5.41) is 7.34. The van der Waals surface area contributed by atoms with Crippen LogP contribution in [-0.4, -0.2) is 52.0 Å². The number of rotatable bonds is 8. The zero-order chi connectivity index (χ0) is 17.8. The number of ether oxygens (including phenoxy) is 2. The van der Waals surface area contributed by atoms with Crippen molar-refractivity contribution in [2.45, 2.75) is 76.9 Å². The molecule has 0 radical (unpaired) electrons. The lowest BCUT2D eigenvalue weighted by Crippen LogP contribution is -2.68. The van der Waals surface area contributed by atoms with Crippen molar-refractivity contribution in [2.75, 3.05) is 33.9 Å². The maximum atomic E-state index is 5.97. The summed E-state index contributed by atoms with van der Waals surface area (Å²) in [4.78, 5) is 4.50. The number of hydrogen-bond donors (Lipinski definition) is 2. The Morgan fingerprint density at radius 1 is 1.16 bits per heavy atom. The Labute approximate surface area is 153 Å². The van der Waals surface area contributed by atoms with Gasteiger partial charge in [-0.3, -0.25) is 4.99 Å². The van der Waals surface area contributed by atoms with E-state index >= 15 is 0 Å². The highest BCUT2D eigenvalue weighted by Crippen LogP contribution is 2.57. The maximum Gasteiger partial charge on any atom is 0.191 e. The first-order valence-electron chi connectivity index (χ1n) is 10.3. The lowest BCUT2D eigenvalue weighted by Gasteiger charge is -2.61. The van der Waals surface area contributed by atoms with E-state index in [1.165, 1.54) is 44.9 Å². The molecule has 5 nitrogen and oxygen atoms in total. The Morgan fingerprint density at radius 2 is 1.92 bits per heavy atom. The van der Waals surface area contributed by atoms with Gasteiger partial charge in [-0.15, -0.1) is 0 Å². The number of guanidine groups is 1. The molecule has 2 N–H and O–H groups in total. The molecule has 3 aliphatic carbocycles. The smallest absolute Gasteiger partial charge is 0.191 e. The summed E-state index contributed by atoms with van der Waals surface area (Å²) in [5.74, 6) is 0.968. The zero-order valence-electron chi connectivity index (χ0n) is 16.4. The van der Waals surface area contributed by atoms with Gasteiger partial charge in [0, 0.05) is 45.4 Å². The minimum Gasteiger partial charge on any atom is -0.385 e. The summed E-state index contributed by atoms with van der Waals surface area (Å²) in [6.07, 6.45) is 11.9. The zero-order valence-corrected chi connectivity index (χ0v) is 16.4. The van der Waals surface area contributed by atoms with Gasteiger partial charge in [-0.2, -0.15) is 0 Å². The molecule has 3 aliphatic rings. The van der Waals surface area contributed by atoms with Gasteiger partial charge in [0.05, 0.1) is 6.10 Å². The van der Waals surface area contributed by atoms with Gasteiger partial charge in [-0.25, -0.2) is 0 Å². The van der Waals surface area contributed by atoms with Crippen LogP contribution in [0.2, 0.25) is 0 Å². The molecule has 0 aromatic rings. The molecule has 0 aliphatic heterocycles. The van der Waals surface area contributed by atoms with Crippen LogP contribution in [-0.2, 0) is 9.47 Å². The lowest BCUT2D eigenvalue weighted by molar-refractivity contribution is -0.168. The number of nitrogens with zero attached hydrogens (tertiary/aromatic N) is 1. The van der Waals surface area contributed by atoms with Crippen LogP contribution in [0, 0.1) is 10.8 Å². The minimum atomic E-state index is 0.370. The Kier molecular flexibility index (Phi) is 6.26. The highest BCUT2D eigenvalue weighted by Gasteiger charge is 2.59. The van der Waals surface area contributed by atoms with Gasteiger partial charge in [0.1, 0.15) is 0 Å². The molecule has 2 atom stereocenters. The first kappa shape index (κ1) is 19.0. The van der Waals surface area contributed by atoms with E-state index in [1.807, 2.05) is 7.05 Å².